The number of nitrogens with zero attached hydrogens (tertiary/aromatic N) is 1. The standard InChI is InChI=1S/C12H26N2O2/c1-3-14-8-11(10(2)16)7-12(9-14)13-5-4-6-15/h10-13,15-16H,3-9H2,1-2H3. The molecule has 0 saturated carbocycles. The second-order valence-electron chi connectivity index (χ2n) is 4.82. The number of nitrogens with one attached hydrogen (secondary N) is 1. The smallest absolute Gasteiger partial charge is 0.0553 e. The van der Waals surface area contributed by atoms with E-state index in [1.165, 1.54) is 0 Å². The summed E-state index contributed by atoms with van der Waals surface area (Å²) < 4.78 is 0. The molecule has 1 aliphatic heterocycles. The van der Waals surface area contributed by atoms with Crippen molar-refractivity contribution in [1.29, 1.82) is 0 Å². The Morgan fingerprint density at radius 3 is 2.75 bits per heavy atom. The highest BCUT2D eigenvalue weighted by Gasteiger charge is 2.28. The summed E-state index contributed by atoms with van der Waals surface area (Å²) in [4.78, 5) is 2.39. The number of rotatable bonds is 6. The first-order chi connectivity index (χ1) is 7.67. The Morgan fingerprint density at radius 1 is 1.44 bits per heavy atom. The minimum absolute atomic E-state index is 0.225. The third-order valence-corrected chi connectivity index (χ3v) is 3.46. The predicted octanol–water partition coefficient (Wildman–Crippen LogP) is 0.0496. The molecule has 3 atom stereocenters. The van der Waals surface area contributed by atoms with E-state index in [1.54, 1.807) is 0 Å². The molecule has 0 aliphatic carbocycles. The van der Waals surface area contributed by atoms with Gasteiger partial charge in [0.15, 0.2) is 0 Å². The molecule has 0 aromatic heterocycles. The molecule has 0 aromatic rings. The monoisotopic (exact) mass is 230 g/mol. The van der Waals surface area contributed by atoms with E-state index in [1.807, 2.05) is 6.92 Å². The van der Waals surface area contributed by atoms with Crippen molar-refractivity contribution in [2.24, 2.45) is 5.92 Å². The minimum atomic E-state index is -0.225. The molecule has 3 unspecified atom stereocenters. The predicted molar refractivity (Wildman–Crippen MR) is 65.4 cm³/mol. The topological polar surface area (TPSA) is 55.7 Å². The van der Waals surface area contributed by atoms with Crippen molar-refractivity contribution < 1.29 is 10.2 Å². The van der Waals surface area contributed by atoms with E-state index >= 15 is 0 Å². The minimum Gasteiger partial charge on any atom is -0.396 e. The van der Waals surface area contributed by atoms with Gasteiger partial charge in [0.05, 0.1) is 6.10 Å². The van der Waals surface area contributed by atoms with Crippen LogP contribution in [0, 0.1) is 5.92 Å². The summed E-state index contributed by atoms with van der Waals surface area (Å²) in [6, 6.07) is 0.458. The van der Waals surface area contributed by atoms with E-state index in [4.69, 9.17) is 5.11 Å². The van der Waals surface area contributed by atoms with E-state index in [0.717, 1.165) is 39.0 Å². The van der Waals surface area contributed by atoms with Gasteiger partial charge in [-0.3, -0.25) is 0 Å². The summed E-state index contributed by atoms with van der Waals surface area (Å²) in [5.41, 5.74) is 0. The lowest BCUT2D eigenvalue weighted by Crippen LogP contribution is -2.51. The molecular formula is C12H26N2O2. The summed E-state index contributed by atoms with van der Waals surface area (Å²) in [5.74, 6) is 0.375. The number of hydrogen-bond donors (Lipinski definition) is 3. The Balaban J connectivity index is 2.38. The molecule has 0 radical (unpaired) electrons. The Morgan fingerprint density at radius 2 is 2.19 bits per heavy atom. The summed E-state index contributed by atoms with van der Waals surface area (Å²) in [6.45, 7) is 8.27. The van der Waals surface area contributed by atoms with Crippen LogP contribution in [-0.4, -0.2) is 60.0 Å². The SMILES string of the molecule is CCN1CC(NCCCO)CC(C(C)O)C1. The van der Waals surface area contributed by atoms with Gasteiger partial charge in [0, 0.05) is 25.7 Å². The first-order valence-corrected chi connectivity index (χ1v) is 6.42. The van der Waals surface area contributed by atoms with E-state index in [0.29, 0.717) is 12.0 Å². The van der Waals surface area contributed by atoms with Gasteiger partial charge >= 0.3 is 0 Å². The van der Waals surface area contributed by atoms with Crippen molar-refractivity contribution in [3.8, 4) is 0 Å². The van der Waals surface area contributed by atoms with Crippen LogP contribution >= 0.6 is 0 Å². The fourth-order valence-electron chi connectivity index (χ4n) is 2.37. The first-order valence-electron chi connectivity index (χ1n) is 6.42. The van der Waals surface area contributed by atoms with Crippen molar-refractivity contribution >= 4 is 0 Å². The molecule has 0 aromatic carbocycles. The molecule has 4 nitrogen and oxygen atoms in total. The second kappa shape index (κ2) is 7.22. The number of likely N-dealkylation sites (tertiary alicyclic amines) is 1. The summed E-state index contributed by atoms with van der Waals surface area (Å²) in [7, 11) is 0. The van der Waals surface area contributed by atoms with Crippen molar-refractivity contribution in [1.82, 2.24) is 10.2 Å². The summed E-state index contributed by atoms with van der Waals surface area (Å²) in [5, 5.41) is 21.9. The molecule has 4 heteroatoms. The molecule has 1 rings (SSSR count). The normalized spacial score (nSPS) is 29.2. The molecule has 1 heterocycles. The molecular weight excluding hydrogens is 204 g/mol. The van der Waals surface area contributed by atoms with Crippen molar-refractivity contribution in [2.75, 3.05) is 32.8 Å². The van der Waals surface area contributed by atoms with Crippen LogP contribution in [0.2, 0.25) is 0 Å². The summed E-state index contributed by atoms with van der Waals surface area (Å²) in [6.07, 6.45) is 1.62. The first kappa shape index (κ1) is 13.9. The highest BCUT2D eigenvalue weighted by Crippen LogP contribution is 2.19. The van der Waals surface area contributed by atoms with Gasteiger partial charge < -0.3 is 20.4 Å². The van der Waals surface area contributed by atoms with Gasteiger partial charge in [-0.15, -0.1) is 0 Å². The maximum absolute atomic E-state index is 9.69. The Hall–Kier alpha value is -0.160. The second-order valence-corrected chi connectivity index (χ2v) is 4.82. The van der Waals surface area contributed by atoms with Gasteiger partial charge in [0.2, 0.25) is 0 Å². The summed E-state index contributed by atoms with van der Waals surface area (Å²) >= 11 is 0. The lowest BCUT2D eigenvalue weighted by molar-refractivity contribution is 0.0501. The van der Waals surface area contributed by atoms with Gasteiger partial charge in [-0.05, 0) is 38.8 Å². The zero-order valence-electron chi connectivity index (χ0n) is 10.5. The van der Waals surface area contributed by atoms with Gasteiger partial charge in [-0.25, -0.2) is 0 Å². The van der Waals surface area contributed by atoms with Crippen LogP contribution in [0.15, 0.2) is 0 Å². The van der Waals surface area contributed by atoms with Crippen LogP contribution in [-0.2, 0) is 0 Å². The van der Waals surface area contributed by atoms with Crippen LogP contribution in [0.4, 0.5) is 0 Å². The number of likely N-dealkylation sites (N-methyl/N-ethyl adjacent to an activating group) is 1. The molecule has 0 spiro atoms. The van der Waals surface area contributed by atoms with Gasteiger partial charge in [0.25, 0.3) is 0 Å². The number of piperidine rings is 1. The highest BCUT2D eigenvalue weighted by atomic mass is 16.3. The Bertz CT molecular complexity index is 188. The molecule has 1 saturated heterocycles. The van der Waals surface area contributed by atoms with Gasteiger partial charge in [-0.1, -0.05) is 6.92 Å². The molecule has 0 bridgehead atoms. The average Bonchev–Trinajstić information content (AvgIpc) is 2.29. The largest absolute Gasteiger partial charge is 0.396 e. The third kappa shape index (κ3) is 4.37. The number of aliphatic hydroxyl groups is 2. The molecule has 96 valence electrons. The van der Waals surface area contributed by atoms with Crippen molar-refractivity contribution in [3.63, 3.8) is 0 Å². The van der Waals surface area contributed by atoms with Crippen LogP contribution in [0.1, 0.15) is 26.7 Å². The zero-order chi connectivity index (χ0) is 12.0. The fraction of sp³-hybridized carbons (Fsp3) is 1.00. The van der Waals surface area contributed by atoms with Gasteiger partial charge in [0.1, 0.15) is 0 Å². The molecule has 16 heavy (non-hydrogen) atoms. The Kier molecular flexibility index (Phi) is 6.28. The number of aliphatic hydroxyl groups excluding tert-OH is 2. The maximum Gasteiger partial charge on any atom is 0.0553 e. The van der Waals surface area contributed by atoms with Crippen molar-refractivity contribution in [3.05, 3.63) is 0 Å². The van der Waals surface area contributed by atoms with Crippen LogP contribution in [0.3, 0.4) is 0 Å². The number of hydrogen-bond acceptors (Lipinski definition) is 4. The van der Waals surface area contributed by atoms with Gasteiger partial charge in [-0.2, -0.15) is 0 Å². The van der Waals surface area contributed by atoms with E-state index in [-0.39, 0.29) is 12.7 Å². The van der Waals surface area contributed by atoms with E-state index in [9.17, 15) is 5.11 Å². The average molecular weight is 230 g/mol. The van der Waals surface area contributed by atoms with E-state index in [2.05, 4.69) is 17.1 Å². The highest BCUT2D eigenvalue weighted by molar-refractivity contribution is 4.85. The third-order valence-electron chi connectivity index (χ3n) is 3.46. The maximum atomic E-state index is 9.69. The molecule has 0 amide bonds. The van der Waals surface area contributed by atoms with Crippen molar-refractivity contribution in [2.45, 2.75) is 38.8 Å². The Labute approximate surface area is 98.6 Å². The molecule has 3 N–H and O–H groups in total. The lowest BCUT2D eigenvalue weighted by atomic mass is 9.90. The van der Waals surface area contributed by atoms with Crippen LogP contribution in [0.5, 0.6) is 0 Å². The quantitative estimate of drug-likeness (QED) is 0.564. The molecule has 1 fully saturated rings. The fourth-order valence-corrected chi connectivity index (χ4v) is 2.37. The zero-order valence-corrected chi connectivity index (χ0v) is 10.5. The lowest BCUT2D eigenvalue weighted by Gasteiger charge is -2.39. The van der Waals surface area contributed by atoms with Crippen LogP contribution in [0.25, 0.3) is 0 Å². The van der Waals surface area contributed by atoms with Crippen LogP contribution < -0.4 is 5.32 Å². The van der Waals surface area contributed by atoms with E-state index < -0.39 is 0 Å². The molecule has 1 aliphatic rings.